The van der Waals surface area contributed by atoms with Crippen LogP contribution in [0.15, 0.2) is 68.4 Å². The zero-order chi connectivity index (χ0) is 31.6. The van der Waals surface area contributed by atoms with Crippen LogP contribution in [-0.2, 0) is 25.3 Å². The van der Waals surface area contributed by atoms with E-state index in [1.54, 1.807) is 13.0 Å². The zero-order valence-electron chi connectivity index (χ0n) is 22.5. The molecule has 17 nitrogen and oxygen atoms in total. The van der Waals surface area contributed by atoms with Gasteiger partial charge in [-0.25, -0.2) is 10.5 Å². The third-order valence-corrected chi connectivity index (χ3v) is 6.89. The van der Waals surface area contributed by atoms with Crippen molar-refractivity contribution in [3.63, 3.8) is 0 Å². The molecule has 2 aromatic heterocycles. The van der Waals surface area contributed by atoms with Gasteiger partial charge in [-0.2, -0.15) is 15.0 Å². The Labute approximate surface area is 261 Å². The Balaban J connectivity index is 1.71. The summed E-state index contributed by atoms with van der Waals surface area (Å²) in [5.41, 5.74) is -0.225. The summed E-state index contributed by atoms with van der Waals surface area (Å²) >= 11 is 6.74. The van der Waals surface area contributed by atoms with Crippen LogP contribution in [0, 0.1) is 6.92 Å². The summed E-state index contributed by atoms with van der Waals surface area (Å²) in [5, 5.41) is 48.2. The van der Waals surface area contributed by atoms with Gasteiger partial charge in [-0.05, 0) is 61.3 Å². The van der Waals surface area contributed by atoms with Gasteiger partial charge in [0.2, 0.25) is 23.1 Å². The molecule has 0 unspecified atom stereocenters. The van der Waals surface area contributed by atoms with E-state index >= 15 is 0 Å². The van der Waals surface area contributed by atoms with Gasteiger partial charge in [0.15, 0.2) is 0 Å². The number of azo groups is 1. The van der Waals surface area contributed by atoms with Gasteiger partial charge in [-0.15, -0.1) is 18.9 Å². The number of carbonyl (C=O) groups excluding carboxylic acids is 1. The molecular formula is C24H21ClN8O9S2. The second-order valence-electron chi connectivity index (χ2n) is 8.21. The normalized spacial score (nSPS) is 11.2. The number of carbonyl (C=O) groups is 1. The van der Waals surface area contributed by atoms with Crippen LogP contribution < -0.4 is 16.2 Å². The van der Waals surface area contributed by atoms with Gasteiger partial charge >= 0.3 is 0 Å². The molecule has 2 heterocycles. The monoisotopic (exact) mass is 664 g/mol. The van der Waals surface area contributed by atoms with Crippen molar-refractivity contribution in [2.45, 2.75) is 25.3 Å². The molecule has 0 atom stereocenters. The van der Waals surface area contributed by atoms with E-state index in [1.165, 1.54) is 19.1 Å². The first-order valence-electron chi connectivity index (χ1n) is 12.1. The van der Waals surface area contributed by atoms with Crippen LogP contribution >= 0.6 is 35.7 Å². The molecule has 0 bridgehead atoms. The zero-order valence-corrected chi connectivity index (χ0v) is 24.9. The molecule has 4 aromatic rings. The number of pyridine rings is 1. The van der Waals surface area contributed by atoms with Crippen molar-refractivity contribution in [3.05, 3.63) is 75.3 Å². The van der Waals surface area contributed by atoms with Gasteiger partial charge in [-0.1, -0.05) is 28.3 Å². The highest BCUT2D eigenvalue weighted by Crippen LogP contribution is 2.38. The van der Waals surface area contributed by atoms with E-state index in [9.17, 15) is 14.7 Å². The second-order valence-corrected chi connectivity index (χ2v) is 9.97. The van der Waals surface area contributed by atoms with E-state index < -0.39 is 22.1 Å². The molecule has 0 saturated carbocycles. The number of nitrogens with one attached hydrogen (secondary N) is 2. The maximum atomic E-state index is 12.9. The molecule has 44 heavy (non-hydrogen) atoms. The molecule has 4 rings (SSSR count). The summed E-state index contributed by atoms with van der Waals surface area (Å²) in [7, 11) is 0. The number of halogens is 1. The average Bonchev–Trinajstić information content (AvgIpc) is 3.00. The average molecular weight is 665 g/mol. The lowest BCUT2D eigenvalue weighted by Gasteiger charge is -2.13. The van der Waals surface area contributed by atoms with Crippen molar-refractivity contribution in [2.75, 3.05) is 10.6 Å². The molecule has 2 aromatic carbocycles. The van der Waals surface area contributed by atoms with Gasteiger partial charge < -0.3 is 15.7 Å². The molecule has 0 spiro atoms. The first-order chi connectivity index (χ1) is 21.2. The Morgan fingerprint density at radius 2 is 1.68 bits per heavy atom. The molecule has 20 heteroatoms. The fourth-order valence-electron chi connectivity index (χ4n) is 3.69. The Morgan fingerprint density at radius 1 is 1.00 bits per heavy atom. The minimum atomic E-state index is -0.923. The van der Waals surface area contributed by atoms with Crippen molar-refractivity contribution in [2.24, 2.45) is 10.2 Å². The maximum absolute atomic E-state index is 12.9. The number of aromatic nitrogens is 4. The van der Waals surface area contributed by atoms with Crippen LogP contribution in [0.5, 0.6) is 5.88 Å². The van der Waals surface area contributed by atoms with Gasteiger partial charge in [-0.3, -0.25) is 14.2 Å². The number of aromatic hydroxyl groups is 1. The quantitative estimate of drug-likeness (QED) is 0.0460. The summed E-state index contributed by atoms with van der Waals surface area (Å²) < 4.78 is 9.62. The highest BCUT2D eigenvalue weighted by Gasteiger charge is 2.25. The number of nitrogens with zero attached hydrogens (tertiary/aromatic N) is 6. The predicted molar refractivity (Wildman–Crippen MR) is 159 cm³/mol. The van der Waals surface area contributed by atoms with Crippen LogP contribution in [0.1, 0.15) is 22.8 Å². The van der Waals surface area contributed by atoms with E-state index in [0.29, 0.717) is 17.7 Å². The highest BCUT2D eigenvalue weighted by atomic mass is 35.5. The summed E-state index contributed by atoms with van der Waals surface area (Å²) in [5.74, 6) is -0.299. The lowest BCUT2D eigenvalue weighted by molar-refractivity contribution is -0.432. The van der Waals surface area contributed by atoms with Crippen LogP contribution in [-0.4, -0.2) is 40.3 Å². The topological polar surface area (TPSA) is 224 Å². The summed E-state index contributed by atoms with van der Waals surface area (Å²) in [6, 6.07) is 13.8. The fourth-order valence-corrected chi connectivity index (χ4v) is 4.68. The summed E-state index contributed by atoms with van der Waals surface area (Å²) in [4.78, 5) is 38.2. The van der Waals surface area contributed by atoms with Crippen molar-refractivity contribution < 1.29 is 39.2 Å². The lowest BCUT2D eigenvalue weighted by Crippen LogP contribution is -2.26. The third-order valence-electron chi connectivity index (χ3n) is 5.58. The van der Waals surface area contributed by atoms with Gasteiger partial charge in [0, 0.05) is 17.9 Å². The second kappa shape index (κ2) is 15.5. The van der Waals surface area contributed by atoms with Crippen molar-refractivity contribution in [1.82, 2.24) is 19.5 Å². The van der Waals surface area contributed by atoms with E-state index in [2.05, 4.69) is 54.6 Å². The molecule has 0 aliphatic carbocycles. The summed E-state index contributed by atoms with van der Waals surface area (Å²) in [6.45, 7) is 2.91. The number of benzene rings is 2. The Morgan fingerprint density at radius 3 is 2.34 bits per heavy atom. The first kappa shape index (κ1) is 32.7. The Bertz CT molecular complexity index is 1730. The molecule has 0 amide bonds. The largest absolute Gasteiger partial charge is 0.493 e. The SMILES string of the molecule is CCn1c(O)c(N=Nc2cc(Nc3nc(Cl)nc(Nc4ccccc4)n3)ccc2SOOO)c(C)c(C(=O)SOOO)c1=O. The fraction of sp³-hybridized carbons (Fsp3) is 0.125. The third kappa shape index (κ3) is 8.05. The summed E-state index contributed by atoms with van der Waals surface area (Å²) in [6.07, 6.45) is 0. The maximum Gasteiger partial charge on any atom is 0.265 e. The number of para-hydroxylation sites is 1. The first-order valence-corrected chi connectivity index (χ1v) is 14.0. The molecule has 0 radical (unpaired) electrons. The van der Waals surface area contributed by atoms with Crippen molar-refractivity contribution >= 4 is 75.4 Å². The van der Waals surface area contributed by atoms with Crippen molar-refractivity contribution in [1.29, 1.82) is 0 Å². The number of rotatable bonds is 13. The molecule has 230 valence electrons. The van der Waals surface area contributed by atoms with E-state index in [0.717, 1.165) is 10.3 Å². The van der Waals surface area contributed by atoms with E-state index in [-0.39, 0.29) is 57.6 Å². The van der Waals surface area contributed by atoms with Crippen LogP contribution in [0.4, 0.5) is 34.6 Å². The van der Waals surface area contributed by atoms with E-state index in [1.807, 2.05) is 30.3 Å². The lowest BCUT2D eigenvalue weighted by atomic mass is 10.1. The Hall–Kier alpha value is -4.18. The standard InChI is InChI=1S/C24H21ClN8O9S2/c1-3-33-19(34)17(21(36)44-42-40-38)12(2)18(20(33)35)32-31-15-11-14(9-10-16(15)43-41-39-37)27-24-29-22(25)28-23(30-24)26-13-7-5-4-6-8-13/h4-11,35,37-38H,3H2,1-2H3,(H2,26,27,28,29,30). The van der Waals surface area contributed by atoms with E-state index in [4.69, 9.17) is 22.1 Å². The van der Waals surface area contributed by atoms with Gasteiger partial charge in [0.1, 0.15) is 29.0 Å². The van der Waals surface area contributed by atoms with Crippen molar-refractivity contribution in [3.8, 4) is 5.88 Å². The highest BCUT2D eigenvalue weighted by molar-refractivity contribution is 8.10. The molecule has 0 aliphatic rings. The van der Waals surface area contributed by atoms with Crippen LogP contribution in [0.25, 0.3) is 0 Å². The molecular weight excluding hydrogens is 644 g/mol. The van der Waals surface area contributed by atoms with Gasteiger partial charge in [0.05, 0.1) is 16.9 Å². The molecule has 5 N–H and O–H groups in total. The minimum absolute atomic E-state index is 0.0203. The Kier molecular flexibility index (Phi) is 11.5. The van der Waals surface area contributed by atoms with Gasteiger partial charge in [0.25, 0.3) is 10.7 Å². The molecule has 0 aliphatic heterocycles. The smallest absolute Gasteiger partial charge is 0.265 e. The number of anilines is 4. The minimum Gasteiger partial charge on any atom is -0.493 e. The number of hydrogen-bond donors (Lipinski definition) is 5. The molecule has 0 saturated heterocycles. The molecule has 0 fully saturated rings. The van der Waals surface area contributed by atoms with Crippen LogP contribution in [0.2, 0.25) is 5.28 Å². The number of hydrogen-bond acceptors (Lipinski definition) is 18. The van der Waals surface area contributed by atoms with Crippen LogP contribution in [0.3, 0.4) is 0 Å². The predicted octanol–water partition coefficient (Wildman–Crippen LogP) is 6.26.